The van der Waals surface area contributed by atoms with Crippen LogP contribution >= 0.6 is 0 Å². The lowest BCUT2D eigenvalue weighted by Crippen LogP contribution is -2.16. The summed E-state index contributed by atoms with van der Waals surface area (Å²) in [4.78, 5) is 11.5. The second-order valence-corrected chi connectivity index (χ2v) is 3.51. The second kappa shape index (κ2) is 4.58. The fourth-order valence-corrected chi connectivity index (χ4v) is 1.29. The van der Waals surface area contributed by atoms with Crippen LogP contribution in [0.5, 0.6) is 0 Å². The smallest absolute Gasteiger partial charge is 0.324 e. The normalized spacial score (nSPS) is 11.1. The van der Waals surface area contributed by atoms with Gasteiger partial charge in [-0.2, -0.15) is 13.2 Å². The molecule has 1 aromatic carbocycles. The molecule has 6 heteroatoms. The Labute approximate surface area is 96.1 Å². The van der Waals surface area contributed by atoms with Gasteiger partial charge < -0.3 is 5.43 Å². The van der Waals surface area contributed by atoms with E-state index in [0.29, 0.717) is 0 Å². The molecule has 0 aromatic heterocycles. The monoisotopic (exact) mass is 244 g/mol. The van der Waals surface area contributed by atoms with Crippen LogP contribution in [0, 0.1) is 0 Å². The number of allylic oxidation sites excluding steroid dienone is 1. The number of benzene rings is 1. The van der Waals surface area contributed by atoms with Crippen molar-refractivity contribution < 1.29 is 18.0 Å². The average molecular weight is 244 g/mol. The van der Waals surface area contributed by atoms with Crippen LogP contribution in [0.3, 0.4) is 0 Å². The van der Waals surface area contributed by atoms with E-state index in [2.05, 4.69) is 6.58 Å². The van der Waals surface area contributed by atoms with E-state index in [1.54, 1.807) is 0 Å². The van der Waals surface area contributed by atoms with Crippen LogP contribution in [-0.4, -0.2) is 5.78 Å². The quantitative estimate of drug-likeness (QED) is 0.372. The molecule has 0 heterocycles. The van der Waals surface area contributed by atoms with Crippen molar-refractivity contribution in [1.82, 2.24) is 0 Å². The summed E-state index contributed by atoms with van der Waals surface area (Å²) in [6.45, 7) is 4.83. The maximum Gasteiger partial charge on any atom is 0.418 e. The molecule has 0 aliphatic carbocycles. The molecule has 0 radical (unpaired) electrons. The van der Waals surface area contributed by atoms with Gasteiger partial charge >= 0.3 is 6.18 Å². The summed E-state index contributed by atoms with van der Waals surface area (Å²) in [7, 11) is 0. The number of alkyl halides is 3. The zero-order valence-electron chi connectivity index (χ0n) is 9.06. The lowest BCUT2D eigenvalue weighted by molar-refractivity contribution is -0.137. The van der Waals surface area contributed by atoms with Crippen molar-refractivity contribution in [2.24, 2.45) is 5.84 Å². The molecule has 1 rings (SSSR count). The third kappa shape index (κ3) is 2.85. The number of rotatable bonds is 3. The summed E-state index contributed by atoms with van der Waals surface area (Å²) in [5.41, 5.74) is 0.789. The summed E-state index contributed by atoms with van der Waals surface area (Å²) in [5, 5.41) is 0. The fourth-order valence-electron chi connectivity index (χ4n) is 1.29. The molecule has 0 bridgehead atoms. The van der Waals surface area contributed by atoms with E-state index in [0.717, 1.165) is 12.1 Å². The number of halogens is 3. The number of nitrogens with two attached hydrogens (primary N) is 1. The lowest BCUT2D eigenvalue weighted by atomic mass is 10.0. The van der Waals surface area contributed by atoms with Gasteiger partial charge in [0.05, 0.1) is 11.3 Å². The van der Waals surface area contributed by atoms with E-state index in [1.165, 1.54) is 13.0 Å². The summed E-state index contributed by atoms with van der Waals surface area (Å²) >= 11 is 0. The number of hydrogen-bond donors (Lipinski definition) is 2. The molecule has 3 nitrogen and oxygen atoms in total. The number of anilines is 1. The molecular formula is C11H11F3N2O. The largest absolute Gasteiger partial charge is 0.418 e. The molecular weight excluding hydrogens is 233 g/mol. The van der Waals surface area contributed by atoms with Gasteiger partial charge in [-0.1, -0.05) is 6.58 Å². The maximum atomic E-state index is 12.7. The van der Waals surface area contributed by atoms with E-state index in [9.17, 15) is 18.0 Å². The standard InChI is InChI=1S/C11H11F3N2O/c1-6(2)10(17)7-3-4-9(16-15)8(5-7)11(12,13)14/h3-5,16H,1,15H2,2H3. The Hall–Kier alpha value is -1.82. The summed E-state index contributed by atoms with van der Waals surface area (Å²) < 4.78 is 38.0. The molecule has 0 unspecified atom stereocenters. The van der Waals surface area contributed by atoms with Crippen molar-refractivity contribution >= 4 is 11.5 Å². The van der Waals surface area contributed by atoms with Crippen molar-refractivity contribution in [3.8, 4) is 0 Å². The molecule has 92 valence electrons. The third-order valence-corrected chi connectivity index (χ3v) is 2.13. The van der Waals surface area contributed by atoms with Crippen molar-refractivity contribution in [3.05, 3.63) is 41.5 Å². The van der Waals surface area contributed by atoms with Crippen molar-refractivity contribution in [3.63, 3.8) is 0 Å². The molecule has 3 N–H and O–H groups in total. The Kier molecular flexibility index (Phi) is 3.57. The van der Waals surface area contributed by atoms with Gasteiger partial charge in [0.1, 0.15) is 0 Å². The zero-order valence-corrected chi connectivity index (χ0v) is 9.06. The fraction of sp³-hybridized carbons (Fsp3) is 0.182. The maximum absolute atomic E-state index is 12.7. The van der Waals surface area contributed by atoms with Gasteiger partial charge in [-0.05, 0) is 30.7 Å². The third-order valence-electron chi connectivity index (χ3n) is 2.13. The Balaban J connectivity index is 3.32. The molecule has 1 aromatic rings. The van der Waals surface area contributed by atoms with Crippen LogP contribution in [-0.2, 0) is 6.18 Å². The molecule has 0 saturated heterocycles. The van der Waals surface area contributed by atoms with Crippen molar-refractivity contribution in [2.45, 2.75) is 13.1 Å². The highest BCUT2D eigenvalue weighted by atomic mass is 19.4. The number of hydrogen-bond acceptors (Lipinski definition) is 3. The second-order valence-electron chi connectivity index (χ2n) is 3.51. The van der Waals surface area contributed by atoms with Crippen molar-refractivity contribution in [1.29, 1.82) is 0 Å². The predicted octanol–water partition coefficient (Wildman–Crippen LogP) is 2.75. The first-order chi connectivity index (χ1) is 7.77. The first-order valence-electron chi connectivity index (χ1n) is 4.65. The molecule has 0 aliphatic rings. The van der Waals surface area contributed by atoms with Gasteiger partial charge in [0, 0.05) is 5.56 Å². The molecule has 0 fully saturated rings. The van der Waals surface area contributed by atoms with Gasteiger partial charge in [0.15, 0.2) is 5.78 Å². The Morgan fingerprint density at radius 3 is 2.41 bits per heavy atom. The molecule has 0 atom stereocenters. The highest BCUT2D eigenvalue weighted by Gasteiger charge is 2.34. The zero-order chi connectivity index (χ0) is 13.2. The van der Waals surface area contributed by atoms with Crippen LogP contribution in [0.2, 0.25) is 0 Å². The molecule has 17 heavy (non-hydrogen) atoms. The van der Waals surface area contributed by atoms with Gasteiger partial charge in [-0.3, -0.25) is 10.6 Å². The minimum absolute atomic E-state index is 0.0659. The van der Waals surface area contributed by atoms with E-state index < -0.39 is 17.5 Å². The Morgan fingerprint density at radius 2 is 2.00 bits per heavy atom. The van der Waals surface area contributed by atoms with Crippen LogP contribution in [0.25, 0.3) is 0 Å². The van der Waals surface area contributed by atoms with Crippen LogP contribution in [0.15, 0.2) is 30.4 Å². The first-order valence-corrected chi connectivity index (χ1v) is 4.65. The van der Waals surface area contributed by atoms with Gasteiger partial charge in [0.25, 0.3) is 0 Å². The number of carbonyl (C=O) groups excluding carboxylic acids is 1. The van der Waals surface area contributed by atoms with Crippen molar-refractivity contribution in [2.75, 3.05) is 5.43 Å². The number of carbonyl (C=O) groups is 1. The molecule has 0 amide bonds. The van der Waals surface area contributed by atoms with Crippen LogP contribution in [0.1, 0.15) is 22.8 Å². The molecule has 0 saturated carbocycles. The number of nitrogen functional groups attached to an aromatic ring is 1. The number of Topliss-reactive ketones (excluding diaryl/α,β-unsaturated/α-hetero) is 1. The minimum atomic E-state index is -4.58. The van der Waals surface area contributed by atoms with Crippen LogP contribution < -0.4 is 11.3 Å². The highest BCUT2D eigenvalue weighted by Crippen LogP contribution is 2.35. The Bertz CT molecular complexity index is 466. The number of hydrazine groups is 1. The Morgan fingerprint density at radius 1 is 1.41 bits per heavy atom. The number of ketones is 1. The summed E-state index contributed by atoms with van der Waals surface area (Å²) in [6.07, 6.45) is -4.58. The average Bonchev–Trinajstić information content (AvgIpc) is 2.25. The van der Waals surface area contributed by atoms with E-state index in [-0.39, 0.29) is 16.8 Å². The first kappa shape index (κ1) is 13.2. The van der Waals surface area contributed by atoms with Gasteiger partial charge in [0.2, 0.25) is 0 Å². The lowest BCUT2D eigenvalue weighted by Gasteiger charge is -2.13. The highest BCUT2D eigenvalue weighted by molar-refractivity contribution is 6.08. The van der Waals surface area contributed by atoms with E-state index in [4.69, 9.17) is 5.84 Å². The summed E-state index contributed by atoms with van der Waals surface area (Å²) in [5.74, 6) is 4.45. The summed E-state index contributed by atoms with van der Waals surface area (Å²) in [6, 6.07) is 3.13. The van der Waals surface area contributed by atoms with Crippen LogP contribution in [0.4, 0.5) is 18.9 Å². The topological polar surface area (TPSA) is 55.1 Å². The van der Waals surface area contributed by atoms with E-state index >= 15 is 0 Å². The number of nitrogens with one attached hydrogen (secondary N) is 1. The SMILES string of the molecule is C=C(C)C(=O)c1ccc(NN)c(C(F)(F)F)c1. The molecule has 0 spiro atoms. The van der Waals surface area contributed by atoms with E-state index in [1.807, 2.05) is 5.43 Å². The molecule has 0 aliphatic heterocycles. The van der Waals surface area contributed by atoms with Gasteiger partial charge in [-0.25, -0.2) is 0 Å². The predicted molar refractivity (Wildman–Crippen MR) is 58.4 cm³/mol. The van der Waals surface area contributed by atoms with Gasteiger partial charge in [-0.15, -0.1) is 0 Å². The minimum Gasteiger partial charge on any atom is -0.324 e.